The van der Waals surface area contributed by atoms with Gasteiger partial charge in [-0.2, -0.15) is 0 Å². The average Bonchev–Trinajstić information content (AvgIpc) is 2.92. The summed E-state index contributed by atoms with van der Waals surface area (Å²) in [4.78, 5) is 0. The van der Waals surface area contributed by atoms with E-state index >= 15 is 0 Å². The van der Waals surface area contributed by atoms with Crippen molar-refractivity contribution in [3.63, 3.8) is 0 Å². The van der Waals surface area contributed by atoms with E-state index in [1.807, 2.05) is 18.2 Å². The highest BCUT2D eigenvalue weighted by Gasteiger charge is 2.26. The Kier molecular flexibility index (Phi) is 3.18. The maximum Gasteiger partial charge on any atom is 0.161 e. The van der Waals surface area contributed by atoms with Crippen LogP contribution in [0.2, 0.25) is 0 Å². The summed E-state index contributed by atoms with van der Waals surface area (Å²) in [5, 5.41) is 10.3. The van der Waals surface area contributed by atoms with E-state index in [4.69, 9.17) is 13.9 Å². The number of benzene rings is 1. The molecule has 0 saturated heterocycles. The van der Waals surface area contributed by atoms with Crippen molar-refractivity contribution in [3.8, 4) is 11.5 Å². The highest BCUT2D eigenvalue weighted by atomic mass is 16.5. The fourth-order valence-electron chi connectivity index (χ4n) is 2.13. The molecule has 1 N–H and O–H groups in total. The van der Waals surface area contributed by atoms with Gasteiger partial charge in [0.05, 0.1) is 19.5 Å². The van der Waals surface area contributed by atoms with Crippen LogP contribution in [0.15, 0.2) is 41.0 Å². The molecule has 1 atom stereocenters. The van der Waals surface area contributed by atoms with Crippen LogP contribution in [-0.4, -0.2) is 18.3 Å². The van der Waals surface area contributed by atoms with Crippen LogP contribution in [0.3, 0.4) is 0 Å². The molecule has 0 radical (unpaired) electrons. The molecule has 1 aliphatic heterocycles. The van der Waals surface area contributed by atoms with E-state index in [1.54, 1.807) is 18.4 Å². The molecule has 4 nitrogen and oxygen atoms in total. The minimum Gasteiger partial charge on any atom is -0.489 e. The van der Waals surface area contributed by atoms with Gasteiger partial charge in [-0.15, -0.1) is 0 Å². The number of furan rings is 1. The molecule has 0 aliphatic carbocycles. The number of hydrogen-bond acceptors (Lipinski definition) is 4. The van der Waals surface area contributed by atoms with E-state index in [9.17, 15) is 5.11 Å². The normalized spacial score (nSPS) is 18.4. The van der Waals surface area contributed by atoms with Crippen LogP contribution in [0.5, 0.6) is 11.5 Å². The van der Waals surface area contributed by atoms with Gasteiger partial charge in [0.1, 0.15) is 11.9 Å². The van der Waals surface area contributed by atoms with E-state index in [0.29, 0.717) is 30.5 Å². The second-order valence-corrected chi connectivity index (χ2v) is 5.87. The minimum absolute atomic E-state index is 0.0290. The molecule has 1 aliphatic rings. The summed E-state index contributed by atoms with van der Waals surface area (Å²) in [5.41, 5.74) is 0.695. The van der Waals surface area contributed by atoms with Crippen LogP contribution >= 0.6 is 0 Å². The molecule has 0 bridgehead atoms. The van der Waals surface area contributed by atoms with E-state index in [1.165, 1.54) is 0 Å². The maximum absolute atomic E-state index is 10.3. The van der Waals surface area contributed by atoms with E-state index in [2.05, 4.69) is 13.8 Å². The van der Waals surface area contributed by atoms with Crippen molar-refractivity contribution in [1.29, 1.82) is 0 Å². The summed E-state index contributed by atoms with van der Waals surface area (Å²) in [6, 6.07) is 8.97. The molecular formula is C16H18O4. The first kappa shape index (κ1) is 13.1. The van der Waals surface area contributed by atoms with Crippen LogP contribution in [0, 0.1) is 5.41 Å². The quantitative estimate of drug-likeness (QED) is 0.914. The Morgan fingerprint density at radius 3 is 2.55 bits per heavy atom. The zero-order valence-corrected chi connectivity index (χ0v) is 11.6. The maximum atomic E-state index is 10.3. The Morgan fingerprint density at radius 1 is 1.10 bits per heavy atom. The van der Waals surface area contributed by atoms with E-state index in [-0.39, 0.29) is 5.41 Å². The van der Waals surface area contributed by atoms with Crippen molar-refractivity contribution < 1.29 is 19.0 Å². The molecule has 106 valence electrons. The standard InChI is InChI=1S/C16H18O4/c1-16(2)9-19-12-6-5-11(8-14(12)20-10-16)15(17)13-4-3-7-18-13/h3-8,15,17H,9-10H2,1-2H3. The molecule has 0 fully saturated rings. The van der Waals surface area contributed by atoms with Gasteiger partial charge >= 0.3 is 0 Å². The van der Waals surface area contributed by atoms with Gasteiger partial charge < -0.3 is 19.0 Å². The number of fused-ring (bicyclic) bond motifs is 1. The first-order valence-corrected chi connectivity index (χ1v) is 6.66. The number of hydrogen-bond donors (Lipinski definition) is 1. The predicted molar refractivity (Wildman–Crippen MR) is 74.0 cm³/mol. The average molecular weight is 274 g/mol. The zero-order valence-electron chi connectivity index (χ0n) is 11.6. The second-order valence-electron chi connectivity index (χ2n) is 5.87. The number of aliphatic hydroxyl groups excluding tert-OH is 1. The van der Waals surface area contributed by atoms with Gasteiger partial charge in [0, 0.05) is 5.41 Å². The molecule has 0 spiro atoms. The lowest BCUT2D eigenvalue weighted by Gasteiger charge is -2.19. The first-order chi connectivity index (χ1) is 9.55. The van der Waals surface area contributed by atoms with Crippen LogP contribution in [0.1, 0.15) is 31.3 Å². The molecular weight excluding hydrogens is 256 g/mol. The fourth-order valence-corrected chi connectivity index (χ4v) is 2.13. The topological polar surface area (TPSA) is 51.8 Å². The smallest absolute Gasteiger partial charge is 0.161 e. The predicted octanol–water partition coefficient (Wildman–Crippen LogP) is 3.16. The number of aliphatic hydroxyl groups is 1. The lowest BCUT2D eigenvalue weighted by atomic mass is 9.97. The molecule has 20 heavy (non-hydrogen) atoms. The Labute approximate surface area is 117 Å². The van der Waals surface area contributed by atoms with Crippen LogP contribution in [0.4, 0.5) is 0 Å². The second kappa shape index (κ2) is 4.87. The zero-order chi connectivity index (χ0) is 14.2. The molecule has 4 heteroatoms. The summed E-state index contributed by atoms with van der Waals surface area (Å²) in [7, 11) is 0. The minimum atomic E-state index is -0.796. The van der Waals surface area contributed by atoms with Crippen LogP contribution < -0.4 is 9.47 Å². The lowest BCUT2D eigenvalue weighted by Crippen LogP contribution is -2.26. The van der Waals surface area contributed by atoms with Gasteiger partial charge in [-0.25, -0.2) is 0 Å². The Bertz CT molecular complexity index is 587. The molecule has 0 amide bonds. The molecule has 3 rings (SSSR count). The van der Waals surface area contributed by atoms with E-state index in [0.717, 1.165) is 5.56 Å². The van der Waals surface area contributed by atoms with Crippen molar-refractivity contribution in [1.82, 2.24) is 0 Å². The van der Waals surface area contributed by atoms with Crippen molar-refractivity contribution in [2.45, 2.75) is 20.0 Å². The monoisotopic (exact) mass is 274 g/mol. The van der Waals surface area contributed by atoms with Crippen molar-refractivity contribution >= 4 is 0 Å². The third-order valence-electron chi connectivity index (χ3n) is 3.33. The Balaban J connectivity index is 1.89. The first-order valence-electron chi connectivity index (χ1n) is 6.66. The Hall–Kier alpha value is -1.94. The van der Waals surface area contributed by atoms with Gasteiger partial charge in [0.2, 0.25) is 0 Å². The molecule has 1 aromatic heterocycles. The summed E-state index contributed by atoms with van der Waals surface area (Å²) >= 11 is 0. The SMILES string of the molecule is CC1(C)COc2ccc(C(O)c3ccco3)cc2OC1. The summed E-state index contributed by atoms with van der Waals surface area (Å²) in [6.07, 6.45) is 0.750. The Morgan fingerprint density at radius 2 is 1.85 bits per heavy atom. The van der Waals surface area contributed by atoms with E-state index < -0.39 is 6.10 Å². The van der Waals surface area contributed by atoms with Gasteiger partial charge in [-0.05, 0) is 29.8 Å². The molecule has 2 aromatic rings. The lowest BCUT2D eigenvalue weighted by molar-refractivity contribution is 0.140. The van der Waals surface area contributed by atoms with Gasteiger partial charge in [-0.1, -0.05) is 19.9 Å². The fraction of sp³-hybridized carbons (Fsp3) is 0.375. The third kappa shape index (κ3) is 2.51. The van der Waals surface area contributed by atoms with Gasteiger partial charge in [0.15, 0.2) is 11.5 Å². The molecule has 0 saturated carbocycles. The number of ether oxygens (including phenoxy) is 2. The summed E-state index contributed by atoms with van der Waals surface area (Å²) < 4.78 is 16.8. The summed E-state index contributed by atoms with van der Waals surface area (Å²) in [6.45, 7) is 5.38. The van der Waals surface area contributed by atoms with Crippen LogP contribution in [0.25, 0.3) is 0 Å². The summed E-state index contributed by atoms with van der Waals surface area (Å²) in [5.74, 6) is 1.89. The van der Waals surface area contributed by atoms with Gasteiger partial charge in [0.25, 0.3) is 0 Å². The molecule has 1 aromatic carbocycles. The van der Waals surface area contributed by atoms with Crippen molar-refractivity contribution in [3.05, 3.63) is 47.9 Å². The van der Waals surface area contributed by atoms with Crippen molar-refractivity contribution in [2.75, 3.05) is 13.2 Å². The number of rotatable bonds is 2. The molecule has 2 heterocycles. The molecule has 1 unspecified atom stereocenters. The highest BCUT2D eigenvalue weighted by Crippen LogP contribution is 2.36. The highest BCUT2D eigenvalue weighted by molar-refractivity contribution is 5.45. The van der Waals surface area contributed by atoms with Crippen molar-refractivity contribution in [2.24, 2.45) is 5.41 Å². The van der Waals surface area contributed by atoms with Gasteiger partial charge in [-0.3, -0.25) is 0 Å². The van der Waals surface area contributed by atoms with Crippen LogP contribution in [-0.2, 0) is 0 Å². The third-order valence-corrected chi connectivity index (χ3v) is 3.33. The largest absolute Gasteiger partial charge is 0.489 e.